The Morgan fingerprint density at radius 3 is 2.55 bits per heavy atom. The van der Waals surface area contributed by atoms with Crippen LogP contribution >= 0.6 is 0 Å². The molecule has 9 nitrogen and oxygen atoms in total. The summed E-state index contributed by atoms with van der Waals surface area (Å²) in [6.45, 7) is -0.800. The van der Waals surface area contributed by atoms with Gasteiger partial charge in [0.1, 0.15) is 18.3 Å². The van der Waals surface area contributed by atoms with Crippen molar-refractivity contribution in [2.75, 3.05) is 24.9 Å². The van der Waals surface area contributed by atoms with Crippen molar-refractivity contribution in [2.45, 2.75) is 18.3 Å². The van der Waals surface area contributed by atoms with Crippen molar-refractivity contribution in [1.82, 2.24) is 0 Å². The first-order valence-corrected chi connectivity index (χ1v) is 6.33. The molecule has 122 valence electrons. The molecule has 0 bridgehead atoms. The van der Waals surface area contributed by atoms with Crippen molar-refractivity contribution >= 4 is 23.1 Å². The zero-order valence-electron chi connectivity index (χ0n) is 11.9. The third-order valence-corrected chi connectivity index (χ3v) is 2.84. The van der Waals surface area contributed by atoms with E-state index >= 15 is 0 Å². The fraction of sp³-hybridized carbons (Fsp3) is 0.385. The number of ether oxygens (including phenoxy) is 1. The number of rotatable bonds is 7. The van der Waals surface area contributed by atoms with Gasteiger partial charge in [-0.25, -0.2) is 4.79 Å². The van der Waals surface area contributed by atoms with Crippen LogP contribution in [-0.4, -0.2) is 64.1 Å². The van der Waals surface area contributed by atoms with Gasteiger partial charge in [-0.1, -0.05) is 12.1 Å². The quantitative estimate of drug-likeness (QED) is 0.150. The van der Waals surface area contributed by atoms with Crippen LogP contribution in [0.3, 0.4) is 0 Å². The number of nitrogens with one attached hydrogen (secondary N) is 1. The zero-order chi connectivity index (χ0) is 16.7. The van der Waals surface area contributed by atoms with E-state index in [1.807, 2.05) is 0 Å². The number of hydrogen-bond donors (Lipinski definition) is 6. The van der Waals surface area contributed by atoms with E-state index in [1.54, 1.807) is 24.3 Å². The second-order valence-corrected chi connectivity index (χ2v) is 4.37. The maximum absolute atomic E-state index is 11.6. The van der Waals surface area contributed by atoms with E-state index < -0.39 is 36.6 Å². The molecule has 0 aromatic heterocycles. The van der Waals surface area contributed by atoms with Crippen LogP contribution in [0.15, 0.2) is 29.4 Å². The molecule has 7 N–H and O–H groups in total. The lowest BCUT2D eigenvalue weighted by Gasteiger charge is -2.21. The third kappa shape index (κ3) is 4.40. The molecule has 0 saturated carbocycles. The highest BCUT2D eigenvalue weighted by atomic mass is 16.5. The highest BCUT2D eigenvalue weighted by Gasteiger charge is 2.33. The summed E-state index contributed by atoms with van der Waals surface area (Å²) in [6, 6.07) is 6.55. The van der Waals surface area contributed by atoms with Gasteiger partial charge < -0.3 is 30.9 Å². The number of nitrogen functional groups attached to an aromatic ring is 1. The molecule has 0 saturated heterocycles. The topological polar surface area (TPSA) is 158 Å². The van der Waals surface area contributed by atoms with Gasteiger partial charge in [0.15, 0.2) is 5.71 Å². The average Bonchev–Trinajstić information content (AvgIpc) is 2.54. The van der Waals surface area contributed by atoms with Crippen LogP contribution in [0.4, 0.5) is 11.4 Å². The number of benzene rings is 1. The number of methoxy groups -OCH3 is 1. The van der Waals surface area contributed by atoms with Crippen molar-refractivity contribution in [2.24, 2.45) is 5.10 Å². The Morgan fingerprint density at radius 2 is 2.00 bits per heavy atom. The first-order valence-electron chi connectivity index (χ1n) is 6.33. The highest BCUT2D eigenvalue weighted by Crippen LogP contribution is 2.17. The molecular weight excluding hydrogens is 294 g/mol. The molecule has 0 amide bonds. The summed E-state index contributed by atoms with van der Waals surface area (Å²) < 4.78 is 4.46. The molecule has 22 heavy (non-hydrogen) atoms. The van der Waals surface area contributed by atoms with E-state index in [2.05, 4.69) is 15.3 Å². The lowest BCUT2D eigenvalue weighted by atomic mass is 10.0. The van der Waals surface area contributed by atoms with Crippen LogP contribution in [0, 0.1) is 0 Å². The second kappa shape index (κ2) is 8.29. The van der Waals surface area contributed by atoms with Gasteiger partial charge in [0.05, 0.1) is 25.1 Å². The van der Waals surface area contributed by atoms with Crippen LogP contribution in [-0.2, 0) is 9.53 Å². The Balaban J connectivity index is 3.00. The van der Waals surface area contributed by atoms with Gasteiger partial charge in [0, 0.05) is 0 Å². The molecule has 1 aromatic carbocycles. The van der Waals surface area contributed by atoms with Gasteiger partial charge in [-0.05, 0) is 12.1 Å². The number of para-hydroxylation sites is 2. The van der Waals surface area contributed by atoms with Gasteiger partial charge in [0.2, 0.25) is 0 Å². The second-order valence-electron chi connectivity index (χ2n) is 4.37. The molecule has 1 rings (SSSR count). The maximum atomic E-state index is 11.6. The lowest BCUT2D eigenvalue weighted by molar-refractivity contribution is -0.134. The van der Waals surface area contributed by atoms with E-state index in [-0.39, 0.29) is 0 Å². The van der Waals surface area contributed by atoms with Crippen molar-refractivity contribution in [3.05, 3.63) is 24.3 Å². The molecule has 0 heterocycles. The maximum Gasteiger partial charge on any atom is 0.357 e. The Morgan fingerprint density at radius 1 is 1.36 bits per heavy atom. The van der Waals surface area contributed by atoms with Crippen LogP contribution < -0.4 is 11.2 Å². The number of nitrogens with zero attached hydrogens (tertiary/aromatic N) is 1. The zero-order valence-corrected chi connectivity index (χ0v) is 11.9. The van der Waals surface area contributed by atoms with E-state index in [1.165, 1.54) is 0 Å². The first-order chi connectivity index (χ1) is 10.4. The minimum Gasteiger partial charge on any atom is -0.464 e. The van der Waals surface area contributed by atoms with E-state index in [0.717, 1.165) is 7.11 Å². The Labute approximate surface area is 126 Å². The minimum absolute atomic E-state index is 0.348. The number of esters is 1. The third-order valence-electron chi connectivity index (χ3n) is 2.84. The molecule has 0 radical (unpaired) electrons. The molecule has 9 heteroatoms. The number of carbonyl (C=O) groups excluding carboxylic acids is 1. The Hall–Kier alpha value is -2.20. The number of carbonyl (C=O) groups is 1. The predicted octanol–water partition coefficient (Wildman–Crippen LogP) is -1.72. The molecule has 0 aliphatic carbocycles. The summed E-state index contributed by atoms with van der Waals surface area (Å²) in [6.07, 6.45) is -5.34. The molecule has 0 aliphatic rings. The van der Waals surface area contributed by atoms with Crippen LogP contribution in [0.2, 0.25) is 0 Å². The summed E-state index contributed by atoms with van der Waals surface area (Å²) in [7, 11) is 1.07. The molecule has 3 atom stereocenters. The smallest absolute Gasteiger partial charge is 0.357 e. The Kier molecular flexibility index (Phi) is 6.73. The monoisotopic (exact) mass is 313 g/mol. The van der Waals surface area contributed by atoms with Gasteiger partial charge in [-0.15, -0.1) is 0 Å². The fourth-order valence-electron chi connectivity index (χ4n) is 1.54. The number of anilines is 2. The molecule has 0 spiro atoms. The lowest BCUT2D eigenvalue weighted by Crippen LogP contribution is -2.46. The van der Waals surface area contributed by atoms with Gasteiger partial charge in [-0.2, -0.15) is 5.10 Å². The summed E-state index contributed by atoms with van der Waals surface area (Å²) in [5.41, 5.74) is 8.29. The van der Waals surface area contributed by atoms with Crippen molar-refractivity contribution in [3.63, 3.8) is 0 Å². The van der Waals surface area contributed by atoms with Gasteiger partial charge in [-0.3, -0.25) is 5.43 Å². The Bertz CT molecular complexity index is 536. The molecular formula is C13H19N3O6. The number of hydrazone groups is 1. The molecule has 0 aliphatic heterocycles. The molecule has 0 unspecified atom stereocenters. The van der Waals surface area contributed by atoms with E-state index in [4.69, 9.17) is 10.8 Å². The van der Waals surface area contributed by atoms with Crippen molar-refractivity contribution < 1.29 is 30.0 Å². The average molecular weight is 313 g/mol. The first kappa shape index (κ1) is 17.9. The normalized spacial score (nSPS) is 15.8. The van der Waals surface area contributed by atoms with Gasteiger partial charge in [0.25, 0.3) is 0 Å². The van der Waals surface area contributed by atoms with Crippen molar-refractivity contribution in [3.8, 4) is 0 Å². The number of aliphatic hydroxyl groups excluding tert-OH is 4. The summed E-state index contributed by atoms with van der Waals surface area (Å²) >= 11 is 0. The number of hydrogen-bond acceptors (Lipinski definition) is 9. The van der Waals surface area contributed by atoms with Crippen LogP contribution in [0.5, 0.6) is 0 Å². The van der Waals surface area contributed by atoms with Gasteiger partial charge >= 0.3 is 5.97 Å². The fourth-order valence-corrected chi connectivity index (χ4v) is 1.54. The summed E-state index contributed by atoms with van der Waals surface area (Å²) in [5.74, 6) is -1.02. The highest BCUT2D eigenvalue weighted by molar-refractivity contribution is 6.38. The number of aliphatic hydroxyl groups is 4. The van der Waals surface area contributed by atoms with E-state index in [0.29, 0.717) is 11.4 Å². The standard InChI is InChI=1S/C13H19N3O6/c1-22-13(21)10(12(20)11(19)9(18)6-17)16-15-8-5-3-2-4-7(8)14/h2-5,9,11-12,15,17-20H,6,14H2,1H3/b16-10+/t9-,11-,12-/m1/s1. The SMILES string of the molecule is COC(=O)/C(=N/Nc1ccccc1N)[C@@H](O)[C@H](O)[C@H](O)CO. The molecule has 0 fully saturated rings. The van der Waals surface area contributed by atoms with Crippen molar-refractivity contribution in [1.29, 1.82) is 0 Å². The largest absolute Gasteiger partial charge is 0.464 e. The number of nitrogens with two attached hydrogens (primary N) is 1. The predicted molar refractivity (Wildman–Crippen MR) is 79.0 cm³/mol. The van der Waals surface area contributed by atoms with Crippen LogP contribution in [0.1, 0.15) is 0 Å². The summed E-state index contributed by atoms with van der Waals surface area (Å²) in [4.78, 5) is 11.6. The molecule has 1 aromatic rings. The minimum atomic E-state index is -1.87. The summed E-state index contributed by atoms with van der Waals surface area (Å²) in [5, 5.41) is 41.3. The van der Waals surface area contributed by atoms with E-state index in [9.17, 15) is 20.1 Å². The van der Waals surface area contributed by atoms with Crippen LogP contribution in [0.25, 0.3) is 0 Å².